The Kier molecular flexibility index (Phi) is 8.79. The number of thioether (sulfide) groups is 1. The van der Waals surface area contributed by atoms with E-state index < -0.39 is 0 Å². The molecule has 0 radical (unpaired) electrons. The van der Waals surface area contributed by atoms with Crippen LogP contribution in [-0.4, -0.2) is 38.0 Å². The fourth-order valence-electron chi connectivity index (χ4n) is 3.30. The van der Waals surface area contributed by atoms with Crippen molar-refractivity contribution in [2.75, 3.05) is 17.7 Å². The van der Waals surface area contributed by atoms with Crippen LogP contribution in [0.5, 0.6) is 5.75 Å². The summed E-state index contributed by atoms with van der Waals surface area (Å²) >= 11 is 8.69. The normalized spacial score (nSPS) is 10.9. The molecule has 0 spiro atoms. The number of carbonyl (C=O) groups is 1. The summed E-state index contributed by atoms with van der Waals surface area (Å²) in [4.78, 5) is 17.0. The highest BCUT2D eigenvalue weighted by molar-refractivity contribution is 7.99. The van der Waals surface area contributed by atoms with E-state index in [0.29, 0.717) is 28.5 Å². The Bertz CT molecular complexity index is 1260. The van der Waals surface area contributed by atoms with Crippen molar-refractivity contribution in [1.29, 1.82) is 0 Å². The largest absolute Gasteiger partial charge is 0.494 e. The lowest BCUT2D eigenvalue weighted by Gasteiger charge is -2.09. The summed E-state index contributed by atoms with van der Waals surface area (Å²) < 4.78 is 7.75. The molecule has 1 N–H and O–H groups in total. The van der Waals surface area contributed by atoms with Crippen molar-refractivity contribution >= 4 is 45.7 Å². The van der Waals surface area contributed by atoms with Crippen LogP contribution >= 0.6 is 34.7 Å². The number of hydrogen-bond donors (Lipinski definition) is 1. The lowest BCUT2D eigenvalue weighted by atomic mass is 10.2. The summed E-state index contributed by atoms with van der Waals surface area (Å²) in [6, 6.07) is 15.3. The van der Waals surface area contributed by atoms with Crippen LogP contribution in [0.1, 0.15) is 26.7 Å². The number of carbonyl (C=O) groups excluding carboxylic acids is 1. The molecule has 0 saturated carbocycles. The molecule has 182 valence electrons. The first-order chi connectivity index (χ1) is 17.1. The Morgan fingerprint density at radius 1 is 1.09 bits per heavy atom. The van der Waals surface area contributed by atoms with Gasteiger partial charge in [-0.15, -0.1) is 21.5 Å². The molecule has 0 atom stereocenters. The number of anilines is 1. The zero-order valence-electron chi connectivity index (χ0n) is 19.5. The minimum atomic E-state index is -0.146. The van der Waals surface area contributed by atoms with Gasteiger partial charge in [-0.1, -0.05) is 48.8 Å². The smallest absolute Gasteiger partial charge is 0.236 e. The lowest BCUT2D eigenvalue weighted by molar-refractivity contribution is -0.113. The van der Waals surface area contributed by atoms with E-state index in [-0.39, 0.29) is 11.7 Å². The lowest BCUT2D eigenvalue weighted by Crippen LogP contribution is -2.14. The molecule has 0 fully saturated rings. The quantitative estimate of drug-likeness (QED) is 0.174. The Labute approximate surface area is 217 Å². The van der Waals surface area contributed by atoms with Gasteiger partial charge in [0.25, 0.3) is 0 Å². The molecule has 2 aromatic heterocycles. The molecule has 7 nitrogen and oxygen atoms in total. The van der Waals surface area contributed by atoms with Crippen LogP contribution in [0.15, 0.2) is 59.1 Å². The third-order valence-corrected chi connectivity index (χ3v) is 7.11. The van der Waals surface area contributed by atoms with Gasteiger partial charge in [0, 0.05) is 28.1 Å². The number of rotatable bonds is 11. The Hall–Kier alpha value is -2.88. The van der Waals surface area contributed by atoms with Gasteiger partial charge in [-0.05, 0) is 49.7 Å². The maximum atomic E-state index is 12.5. The zero-order chi connectivity index (χ0) is 24.6. The monoisotopic (exact) mass is 527 g/mol. The van der Waals surface area contributed by atoms with E-state index in [4.69, 9.17) is 16.3 Å². The second kappa shape index (κ2) is 12.2. The third-order valence-electron chi connectivity index (χ3n) is 5.14. The van der Waals surface area contributed by atoms with Gasteiger partial charge in [0.15, 0.2) is 16.1 Å². The molecule has 4 aromatic rings. The van der Waals surface area contributed by atoms with Crippen molar-refractivity contribution in [2.24, 2.45) is 0 Å². The molecule has 35 heavy (non-hydrogen) atoms. The van der Waals surface area contributed by atoms with E-state index in [0.717, 1.165) is 41.2 Å². The molecule has 2 aromatic carbocycles. The topological polar surface area (TPSA) is 81.9 Å². The average molecular weight is 528 g/mol. The highest BCUT2D eigenvalue weighted by Gasteiger charge is 2.16. The fourth-order valence-corrected chi connectivity index (χ4v) is 4.96. The van der Waals surface area contributed by atoms with Gasteiger partial charge in [0.05, 0.1) is 18.1 Å². The number of benzene rings is 2. The summed E-state index contributed by atoms with van der Waals surface area (Å²) in [7, 11) is 0. The number of aromatic nitrogens is 4. The molecular formula is C25H26ClN5O2S2. The number of unbranched alkanes of at least 4 members (excludes halogenated alkanes) is 1. The molecule has 0 saturated heterocycles. The molecule has 0 unspecified atom stereocenters. The zero-order valence-corrected chi connectivity index (χ0v) is 21.9. The summed E-state index contributed by atoms with van der Waals surface area (Å²) in [5.41, 5.74) is 2.70. The summed E-state index contributed by atoms with van der Waals surface area (Å²) in [5.74, 6) is 1.67. The van der Waals surface area contributed by atoms with Crippen LogP contribution in [-0.2, 0) is 11.3 Å². The predicted octanol–water partition coefficient (Wildman–Crippen LogP) is 6.65. The summed E-state index contributed by atoms with van der Waals surface area (Å²) in [6.07, 6.45) is 2.14. The molecular weight excluding hydrogens is 502 g/mol. The highest BCUT2D eigenvalue weighted by Crippen LogP contribution is 2.28. The first kappa shape index (κ1) is 25.2. The van der Waals surface area contributed by atoms with Crippen molar-refractivity contribution in [3.05, 3.63) is 58.9 Å². The van der Waals surface area contributed by atoms with Crippen molar-refractivity contribution in [2.45, 2.75) is 38.4 Å². The van der Waals surface area contributed by atoms with E-state index in [1.165, 1.54) is 23.1 Å². The van der Waals surface area contributed by atoms with E-state index in [9.17, 15) is 4.79 Å². The van der Waals surface area contributed by atoms with Gasteiger partial charge >= 0.3 is 0 Å². The first-order valence-corrected chi connectivity index (χ1v) is 13.6. The van der Waals surface area contributed by atoms with Gasteiger partial charge in [-0.2, -0.15) is 0 Å². The SMILES string of the molecule is CCCCOc1ccc(-c2nnc(SCC(=O)Nc3nc(-c4ccc(Cl)cc4)cs3)n2CC)cc1. The van der Waals surface area contributed by atoms with Crippen LogP contribution in [0.25, 0.3) is 22.6 Å². The van der Waals surface area contributed by atoms with Crippen LogP contribution in [0, 0.1) is 0 Å². The van der Waals surface area contributed by atoms with E-state index in [1.54, 1.807) is 0 Å². The maximum absolute atomic E-state index is 12.5. The van der Waals surface area contributed by atoms with Crippen molar-refractivity contribution in [3.8, 4) is 28.4 Å². The van der Waals surface area contributed by atoms with Gasteiger partial charge in [-0.3, -0.25) is 4.79 Å². The minimum Gasteiger partial charge on any atom is -0.494 e. The van der Waals surface area contributed by atoms with E-state index >= 15 is 0 Å². The molecule has 0 aliphatic rings. The highest BCUT2D eigenvalue weighted by atomic mass is 35.5. The maximum Gasteiger partial charge on any atom is 0.236 e. The molecule has 0 aliphatic carbocycles. The molecule has 0 bridgehead atoms. The molecule has 10 heteroatoms. The van der Waals surface area contributed by atoms with Crippen LogP contribution in [0.4, 0.5) is 5.13 Å². The minimum absolute atomic E-state index is 0.146. The number of nitrogens with one attached hydrogen (secondary N) is 1. The van der Waals surface area contributed by atoms with Crippen molar-refractivity contribution in [3.63, 3.8) is 0 Å². The number of nitrogens with zero attached hydrogens (tertiary/aromatic N) is 4. The summed E-state index contributed by atoms with van der Waals surface area (Å²) in [5, 5.41) is 15.4. The molecule has 1 amide bonds. The first-order valence-electron chi connectivity index (χ1n) is 11.4. The number of hydrogen-bond acceptors (Lipinski definition) is 7. The van der Waals surface area contributed by atoms with Crippen LogP contribution < -0.4 is 10.1 Å². The van der Waals surface area contributed by atoms with Gasteiger partial charge in [0.1, 0.15) is 5.75 Å². The predicted molar refractivity (Wildman–Crippen MR) is 143 cm³/mol. The van der Waals surface area contributed by atoms with Crippen LogP contribution in [0.2, 0.25) is 5.02 Å². The van der Waals surface area contributed by atoms with Gasteiger partial charge < -0.3 is 14.6 Å². The molecule has 0 aliphatic heterocycles. The average Bonchev–Trinajstić information content (AvgIpc) is 3.50. The second-order valence-electron chi connectivity index (χ2n) is 7.66. The van der Waals surface area contributed by atoms with E-state index in [1.807, 2.05) is 65.4 Å². The Morgan fingerprint density at radius 3 is 2.54 bits per heavy atom. The van der Waals surface area contributed by atoms with Crippen LogP contribution in [0.3, 0.4) is 0 Å². The molecule has 2 heterocycles. The Morgan fingerprint density at radius 2 is 1.83 bits per heavy atom. The van der Waals surface area contributed by atoms with Crippen molar-refractivity contribution in [1.82, 2.24) is 19.7 Å². The number of halogens is 1. The number of amides is 1. The second-order valence-corrected chi connectivity index (χ2v) is 9.90. The fraction of sp³-hybridized carbons (Fsp3) is 0.280. The molecule has 4 rings (SSSR count). The van der Waals surface area contributed by atoms with Gasteiger partial charge in [-0.25, -0.2) is 4.98 Å². The number of thiazole rings is 1. The standard InChI is InChI=1S/C25H26ClN5O2S2/c1-3-5-14-33-20-12-8-18(9-13-20)23-29-30-25(31(23)4-2)35-16-22(32)28-24-27-21(15-34-24)17-6-10-19(26)11-7-17/h6-13,15H,3-5,14,16H2,1-2H3,(H,27,28,32). The number of ether oxygens (including phenoxy) is 1. The van der Waals surface area contributed by atoms with Crippen molar-refractivity contribution < 1.29 is 9.53 Å². The van der Waals surface area contributed by atoms with Gasteiger partial charge in [0.2, 0.25) is 5.91 Å². The van der Waals surface area contributed by atoms with E-state index in [2.05, 4.69) is 27.4 Å². The third kappa shape index (κ3) is 6.62. The Balaban J connectivity index is 1.35. The summed E-state index contributed by atoms with van der Waals surface area (Å²) in [6.45, 7) is 5.58.